The van der Waals surface area contributed by atoms with Gasteiger partial charge < -0.3 is 19.9 Å². The van der Waals surface area contributed by atoms with Crippen molar-refractivity contribution >= 4 is 5.69 Å². The number of hydrogen-bond donors (Lipinski definition) is 1. The summed E-state index contributed by atoms with van der Waals surface area (Å²) in [6.45, 7) is 8.31. The molecule has 0 saturated carbocycles. The summed E-state index contributed by atoms with van der Waals surface area (Å²) >= 11 is 0. The smallest absolute Gasteiger partial charge is 0.142 e. The predicted molar refractivity (Wildman–Crippen MR) is 89.5 cm³/mol. The van der Waals surface area contributed by atoms with Crippen LogP contribution >= 0.6 is 0 Å². The first-order valence-electron chi connectivity index (χ1n) is 8.00. The van der Waals surface area contributed by atoms with E-state index in [1.54, 1.807) is 0 Å². The van der Waals surface area contributed by atoms with Crippen molar-refractivity contribution in [1.82, 2.24) is 10.2 Å². The Labute approximate surface area is 129 Å². The van der Waals surface area contributed by atoms with Gasteiger partial charge in [0.1, 0.15) is 5.75 Å². The molecule has 1 saturated heterocycles. The van der Waals surface area contributed by atoms with Crippen LogP contribution in [0.4, 0.5) is 5.69 Å². The second-order valence-corrected chi connectivity index (χ2v) is 6.07. The SMILES string of the molecule is Cc1ccc(OCCCN(C)C)c(N2CCCNCC2)c1. The van der Waals surface area contributed by atoms with E-state index in [1.165, 1.54) is 17.7 Å². The molecule has 0 bridgehead atoms. The molecule has 1 heterocycles. The second-order valence-electron chi connectivity index (χ2n) is 6.07. The molecule has 2 rings (SSSR count). The molecule has 0 radical (unpaired) electrons. The summed E-state index contributed by atoms with van der Waals surface area (Å²) in [6.07, 6.45) is 2.25. The molecule has 1 N–H and O–H groups in total. The molecule has 0 atom stereocenters. The summed E-state index contributed by atoms with van der Waals surface area (Å²) in [5, 5.41) is 3.46. The summed E-state index contributed by atoms with van der Waals surface area (Å²) < 4.78 is 6.05. The van der Waals surface area contributed by atoms with Gasteiger partial charge >= 0.3 is 0 Å². The predicted octanol–water partition coefficient (Wildman–Crippen LogP) is 2.13. The van der Waals surface area contributed by atoms with E-state index in [2.05, 4.69) is 54.3 Å². The molecule has 0 spiro atoms. The van der Waals surface area contributed by atoms with Crippen molar-refractivity contribution in [3.63, 3.8) is 0 Å². The van der Waals surface area contributed by atoms with Crippen LogP contribution in [0.25, 0.3) is 0 Å². The van der Waals surface area contributed by atoms with E-state index in [0.29, 0.717) is 0 Å². The number of anilines is 1. The zero-order valence-electron chi connectivity index (χ0n) is 13.7. The summed E-state index contributed by atoms with van der Waals surface area (Å²) in [5.41, 5.74) is 2.55. The van der Waals surface area contributed by atoms with Gasteiger partial charge in [-0.3, -0.25) is 0 Å². The number of nitrogens with one attached hydrogen (secondary N) is 1. The third-order valence-corrected chi connectivity index (χ3v) is 3.80. The van der Waals surface area contributed by atoms with Gasteiger partial charge in [-0.2, -0.15) is 0 Å². The van der Waals surface area contributed by atoms with Gasteiger partial charge in [-0.25, -0.2) is 0 Å². The van der Waals surface area contributed by atoms with Crippen molar-refractivity contribution in [2.75, 3.05) is 58.3 Å². The lowest BCUT2D eigenvalue weighted by atomic mass is 10.2. The van der Waals surface area contributed by atoms with Gasteiger partial charge in [0, 0.05) is 26.2 Å². The summed E-state index contributed by atoms with van der Waals surface area (Å²) in [5.74, 6) is 1.03. The van der Waals surface area contributed by atoms with Crippen LogP contribution in [-0.2, 0) is 0 Å². The van der Waals surface area contributed by atoms with Crippen LogP contribution in [0.5, 0.6) is 5.75 Å². The fraction of sp³-hybridized carbons (Fsp3) is 0.647. The molecule has 0 amide bonds. The minimum absolute atomic E-state index is 0.778. The minimum atomic E-state index is 0.778. The maximum absolute atomic E-state index is 6.05. The average Bonchev–Trinajstić information content (AvgIpc) is 2.73. The fourth-order valence-corrected chi connectivity index (χ4v) is 2.65. The number of aryl methyl sites for hydroxylation is 1. The van der Waals surface area contributed by atoms with Gasteiger partial charge in [0.25, 0.3) is 0 Å². The van der Waals surface area contributed by atoms with Gasteiger partial charge in [0.2, 0.25) is 0 Å². The molecule has 0 aromatic heterocycles. The quantitative estimate of drug-likeness (QED) is 0.813. The lowest BCUT2D eigenvalue weighted by molar-refractivity contribution is 0.282. The first-order valence-corrected chi connectivity index (χ1v) is 8.00. The van der Waals surface area contributed by atoms with Crippen molar-refractivity contribution in [3.05, 3.63) is 23.8 Å². The Morgan fingerprint density at radius 2 is 2.10 bits per heavy atom. The second kappa shape index (κ2) is 8.25. The Balaban J connectivity index is 2.02. The van der Waals surface area contributed by atoms with E-state index in [-0.39, 0.29) is 0 Å². The maximum Gasteiger partial charge on any atom is 0.142 e. The van der Waals surface area contributed by atoms with Crippen molar-refractivity contribution in [3.8, 4) is 5.75 Å². The Morgan fingerprint density at radius 1 is 1.24 bits per heavy atom. The lowest BCUT2D eigenvalue weighted by Crippen LogP contribution is -2.28. The van der Waals surface area contributed by atoms with Crippen LogP contribution in [0.2, 0.25) is 0 Å². The zero-order chi connectivity index (χ0) is 15.1. The number of benzene rings is 1. The largest absolute Gasteiger partial charge is 0.491 e. The van der Waals surface area contributed by atoms with Crippen molar-refractivity contribution in [2.45, 2.75) is 19.8 Å². The maximum atomic E-state index is 6.05. The average molecular weight is 291 g/mol. The molecule has 1 aliphatic rings. The van der Waals surface area contributed by atoms with Crippen LogP contribution in [0, 0.1) is 6.92 Å². The molecule has 118 valence electrons. The summed E-state index contributed by atoms with van der Waals surface area (Å²) in [6, 6.07) is 6.52. The Bertz CT molecular complexity index is 426. The number of ether oxygens (including phenoxy) is 1. The molecule has 4 heteroatoms. The lowest BCUT2D eigenvalue weighted by Gasteiger charge is -2.25. The normalized spacial score (nSPS) is 16.1. The first kappa shape index (κ1) is 16.1. The highest BCUT2D eigenvalue weighted by atomic mass is 16.5. The molecule has 1 fully saturated rings. The Kier molecular flexibility index (Phi) is 6.33. The molecule has 1 aliphatic heterocycles. The standard InChI is InChI=1S/C17H29N3O/c1-15-6-7-17(21-13-5-10-19(2)3)16(14-15)20-11-4-8-18-9-12-20/h6-7,14,18H,4-5,8-13H2,1-3H3. The molecule has 0 unspecified atom stereocenters. The van der Waals surface area contributed by atoms with E-state index in [4.69, 9.17) is 4.74 Å². The topological polar surface area (TPSA) is 27.7 Å². The van der Waals surface area contributed by atoms with E-state index >= 15 is 0 Å². The zero-order valence-corrected chi connectivity index (χ0v) is 13.7. The fourth-order valence-electron chi connectivity index (χ4n) is 2.65. The van der Waals surface area contributed by atoms with E-state index in [1.807, 2.05) is 0 Å². The van der Waals surface area contributed by atoms with Crippen LogP contribution < -0.4 is 15.0 Å². The summed E-state index contributed by atoms with van der Waals surface area (Å²) in [4.78, 5) is 4.65. The van der Waals surface area contributed by atoms with Gasteiger partial charge in [0.15, 0.2) is 0 Å². The number of rotatable bonds is 6. The van der Waals surface area contributed by atoms with Gasteiger partial charge in [-0.05, 0) is 58.1 Å². The van der Waals surface area contributed by atoms with Crippen LogP contribution in [-0.4, -0.2) is 58.3 Å². The molecular weight excluding hydrogens is 262 g/mol. The van der Waals surface area contributed by atoms with E-state index in [0.717, 1.165) is 51.5 Å². The Hall–Kier alpha value is -1.26. The number of hydrogen-bond acceptors (Lipinski definition) is 4. The van der Waals surface area contributed by atoms with Gasteiger partial charge in [-0.1, -0.05) is 6.07 Å². The first-order chi connectivity index (χ1) is 10.2. The highest BCUT2D eigenvalue weighted by Gasteiger charge is 2.14. The van der Waals surface area contributed by atoms with Gasteiger partial charge in [0.05, 0.1) is 12.3 Å². The van der Waals surface area contributed by atoms with Crippen LogP contribution in [0.1, 0.15) is 18.4 Å². The minimum Gasteiger partial charge on any atom is -0.491 e. The third kappa shape index (κ3) is 5.21. The van der Waals surface area contributed by atoms with Gasteiger partial charge in [-0.15, -0.1) is 0 Å². The Morgan fingerprint density at radius 3 is 2.90 bits per heavy atom. The van der Waals surface area contributed by atoms with E-state index in [9.17, 15) is 0 Å². The molecule has 1 aromatic carbocycles. The number of nitrogens with zero attached hydrogens (tertiary/aromatic N) is 2. The molecule has 1 aromatic rings. The molecular formula is C17H29N3O. The molecule has 4 nitrogen and oxygen atoms in total. The highest BCUT2D eigenvalue weighted by Crippen LogP contribution is 2.30. The van der Waals surface area contributed by atoms with Crippen LogP contribution in [0.3, 0.4) is 0 Å². The monoisotopic (exact) mass is 291 g/mol. The third-order valence-electron chi connectivity index (χ3n) is 3.80. The molecule has 21 heavy (non-hydrogen) atoms. The van der Waals surface area contributed by atoms with Crippen molar-refractivity contribution in [2.24, 2.45) is 0 Å². The highest BCUT2D eigenvalue weighted by molar-refractivity contribution is 5.60. The van der Waals surface area contributed by atoms with Crippen molar-refractivity contribution < 1.29 is 4.74 Å². The van der Waals surface area contributed by atoms with E-state index < -0.39 is 0 Å². The van der Waals surface area contributed by atoms with Crippen molar-refractivity contribution in [1.29, 1.82) is 0 Å². The summed E-state index contributed by atoms with van der Waals surface area (Å²) in [7, 11) is 4.20. The molecule has 0 aliphatic carbocycles. The van der Waals surface area contributed by atoms with Crippen LogP contribution in [0.15, 0.2) is 18.2 Å².